The molecule has 6 heteroatoms. The van der Waals surface area contributed by atoms with Crippen molar-refractivity contribution in [3.63, 3.8) is 0 Å². The molecule has 1 amide bonds. The van der Waals surface area contributed by atoms with Gasteiger partial charge in [-0.05, 0) is 72.7 Å². The van der Waals surface area contributed by atoms with Crippen molar-refractivity contribution in [1.29, 1.82) is 0 Å². The highest BCUT2D eigenvalue weighted by Crippen LogP contribution is 2.30. The van der Waals surface area contributed by atoms with Gasteiger partial charge in [-0.1, -0.05) is 55.8 Å². The zero-order chi connectivity index (χ0) is 23.8. The molecule has 3 aromatic carbocycles. The molecule has 1 unspecified atom stereocenters. The molecule has 0 saturated carbocycles. The molecule has 4 rings (SSSR count). The first-order chi connectivity index (χ1) is 16.6. The third kappa shape index (κ3) is 6.41. The molecule has 176 valence electrons. The van der Waals surface area contributed by atoms with Crippen LogP contribution in [-0.4, -0.2) is 17.0 Å². The first kappa shape index (κ1) is 23.9. The van der Waals surface area contributed by atoms with Crippen molar-refractivity contribution in [3.05, 3.63) is 89.5 Å². The first-order valence-corrected chi connectivity index (χ1v) is 12.5. The minimum atomic E-state index is -0.526. The summed E-state index contributed by atoms with van der Waals surface area (Å²) in [6.07, 6.45) is 4.87. The minimum Gasteiger partial charge on any atom is -0.493 e. The summed E-state index contributed by atoms with van der Waals surface area (Å²) in [6.45, 7) is 2.82. The lowest BCUT2D eigenvalue weighted by Gasteiger charge is -2.14. The average molecular weight is 476 g/mol. The summed E-state index contributed by atoms with van der Waals surface area (Å²) in [6, 6.07) is 23.2. The highest BCUT2D eigenvalue weighted by atomic mass is 32.2. The topological polar surface area (TPSA) is 64.6 Å². The molecule has 3 aromatic rings. The molecular formula is C28H29NO4S. The Bertz CT molecular complexity index is 1120. The predicted molar refractivity (Wildman–Crippen MR) is 136 cm³/mol. The fraction of sp³-hybridized carbons (Fsp3) is 0.286. The Morgan fingerprint density at radius 1 is 0.882 bits per heavy atom. The van der Waals surface area contributed by atoms with Crippen molar-refractivity contribution in [2.24, 2.45) is 0 Å². The zero-order valence-corrected chi connectivity index (χ0v) is 20.1. The van der Waals surface area contributed by atoms with Gasteiger partial charge in [-0.3, -0.25) is 9.59 Å². The summed E-state index contributed by atoms with van der Waals surface area (Å²) >= 11 is 0.740. The van der Waals surface area contributed by atoms with Crippen LogP contribution in [-0.2, 0) is 17.6 Å². The van der Waals surface area contributed by atoms with Gasteiger partial charge in [0.05, 0.1) is 6.61 Å². The smallest absolute Gasteiger partial charge is 0.287 e. The van der Waals surface area contributed by atoms with Gasteiger partial charge >= 0.3 is 0 Å². The average Bonchev–Trinajstić information content (AvgIpc) is 3.19. The van der Waals surface area contributed by atoms with Crippen molar-refractivity contribution < 1.29 is 19.1 Å². The van der Waals surface area contributed by atoms with E-state index in [4.69, 9.17) is 9.47 Å². The lowest BCUT2D eigenvalue weighted by Crippen LogP contribution is -2.19. The molecule has 0 radical (unpaired) electrons. The predicted octanol–water partition coefficient (Wildman–Crippen LogP) is 6.86. The van der Waals surface area contributed by atoms with E-state index in [1.54, 1.807) is 0 Å². The number of para-hydroxylation sites is 1. The summed E-state index contributed by atoms with van der Waals surface area (Å²) in [5.74, 6) is 2.57. The molecule has 1 saturated heterocycles. The van der Waals surface area contributed by atoms with Gasteiger partial charge in [-0.15, -0.1) is 0 Å². The summed E-state index contributed by atoms with van der Waals surface area (Å²) in [5, 5.41) is 2.27. The maximum absolute atomic E-state index is 11.9. The van der Waals surface area contributed by atoms with Crippen LogP contribution in [0.2, 0.25) is 0 Å². The van der Waals surface area contributed by atoms with Crippen molar-refractivity contribution >= 4 is 22.1 Å². The SMILES string of the molecule is CCCc1cc(Oc2ccccc2)ccc1OCCCCc1ccc(C2NC(=O)SC2=O)cc1. The molecule has 1 fully saturated rings. The molecule has 1 aliphatic rings. The highest BCUT2D eigenvalue weighted by molar-refractivity contribution is 8.26. The molecule has 1 N–H and O–H groups in total. The van der Waals surface area contributed by atoms with Gasteiger partial charge < -0.3 is 14.8 Å². The second kappa shape index (κ2) is 11.7. The van der Waals surface area contributed by atoms with Crippen LogP contribution in [0.4, 0.5) is 4.79 Å². The lowest BCUT2D eigenvalue weighted by molar-refractivity contribution is -0.112. The molecule has 5 nitrogen and oxygen atoms in total. The Kier molecular flexibility index (Phi) is 8.26. The second-order valence-electron chi connectivity index (χ2n) is 8.27. The number of nitrogens with one attached hydrogen (secondary N) is 1. The lowest BCUT2D eigenvalue weighted by atomic mass is 10.0. The largest absolute Gasteiger partial charge is 0.493 e. The number of unbranched alkanes of at least 4 members (excludes halogenated alkanes) is 1. The molecule has 0 aromatic heterocycles. The van der Waals surface area contributed by atoms with Crippen LogP contribution in [0, 0.1) is 0 Å². The van der Waals surface area contributed by atoms with Gasteiger partial charge in [-0.2, -0.15) is 0 Å². The third-order valence-electron chi connectivity index (χ3n) is 5.65. The van der Waals surface area contributed by atoms with E-state index in [-0.39, 0.29) is 10.4 Å². The van der Waals surface area contributed by atoms with Gasteiger partial charge in [0, 0.05) is 11.8 Å². The Labute approximate surface area is 204 Å². The van der Waals surface area contributed by atoms with E-state index in [1.807, 2.05) is 66.7 Å². The zero-order valence-electron chi connectivity index (χ0n) is 19.3. The number of thioether (sulfide) groups is 1. The Hall–Kier alpha value is -3.25. The van der Waals surface area contributed by atoms with E-state index >= 15 is 0 Å². The Balaban J connectivity index is 1.24. The highest BCUT2D eigenvalue weighted by Gasteiger charge is 2.32. The molecule has 1 atom stereocenters. The Morgan fingerprint density at radius 3 is 2.38 bits per heavy atom. The number of hydrogen-bond acceptors (Lipinski definition) is 5. The maximum atomic E-state index is 11.9. The fourth-order valence-corrected chi connectivity index (χ4v) is 4.59. The number of amides is 1. The quantitative estimate of drug-likeness (QED) is 0.307. The van der Waals surface area contributed by atoms with Gasteiger partial charge in [0.1, 0.15) is 23.3 Å². The van der Waals surface area contributed by atoms with E-state index in [9.17, 15) is 9.59 Å². The van der Waals surface area contributed by atoms with Crippen molar-refractivity contribution in [2.75, 3.05) is 6.61 Å². The third-order valence-corrected chi connectivity index (χ3v) is 6.39. The van der Waals surface area contributed by atoms with Crippen LogP contribution in [0.1, 0.15) is 48.9 Å². The standard InChI is InChI=1S/C28H29NO4S/c1-2-8-22-19-24(33-23-10-4-3-5-11-23)16-17-25(22)32-18-7-6-9-20-12-14-21(15-13-20)26-27(30)34-28(31)29-26/h3-5,10-17,19,26H,2,6-9,18H2,1H3,(H,29,31). The molecule has 0 bridgehead atoms. The van der Waals surface area contributed by atoms with Crippen molar-refractivity contribution in [3.8, 4) is 17.2 Å². The van der Waals surface area contributed by atoms with Crippen LogP contribution >= 0.6 is 11.8 Å². The second-order valence-corrected chi connectivity index (χ2v) is 9.24. The van der Waals surface area contributed by atoms with E-state index in [1.165, 1.54) is 11.1 Å². The van der Waals surface area contributed by atoms with E-state index in [0.29, 0.717) is 6.61 Å². The van der Waals surface area contributed by atoms with E-state index in [2.05, 4.69) is 18.3 Å². The molecule has 1 aliphatic heterocycles. The molecule has 0 spiro atoms. The van der Waals surface area contributed by atoms with Crippen LogP contribution in [0.25, 0.3) is 0 Å². The monoisotopic (exact) mass is 475 g/mol. The number of ether oxygens (including phenoxy) is 2. The van der Waals surface area contributed by atoms with Gasteiger partial charge in [0.2, 0.25) is 5.12 Å². The van der Waals surface area contributed by atoms with Gasteiger partial charge in [-0.25, -0.2) is 0 Å². The number of carbonyl (C=O) groups excluding carboxylic acids is 2. The fourth-order valence-electron chi connectivity index (χ4n) is 3.92. The van der Waals surface area contributed by atoms with Crippen molar-refractivity contribution in [2.45, 2.75) is 45.1 Å². The summed E-state index contributed by atoms with van der Waals surface area (Å²) in [4.78, 5) is 23.2. The molecule has 34 heavy (non-hydrogen) atoms. The maximum Gasteiger partial charge on any atom is 0.287 e. The number of aryl methyl sites for hydroxylation is 2. The van der Waals surface area contributed by atoms with E-state index in [0.717, 1.165) is 66.7 Å². The first-order valence-electron chi connectivity index (χ1n) is 11.7. The van der Waals surface area contributed by atoms with Crippen LogP contribution in [0.3, 0.4) is 0 Å². The number of benzene rings is 3. The normalized spacial score (nSPS) is 15.3. The van der Waals surface area contributed by atoms with E-state index < -0.39 is 6.04 Å². The molecular weight excluding hydrogens is 446 g/mol. The minimum absolute atomic E-state index is 0.142. The summed E-state index contributed by atoms with van der Waals surface area (Å²) in [7, 11) is 0. The van der Waals surface area contributed by atoms with Crippen LogP contribution < -0.4 is 14.8 Å². The number of carbonyl (C=O) groups is 2. The van der Waals surface area contributed by atoms with Crippen LogP contribution in [0.5, 0.6) is 17.2 Å². The summed E-state index contributed by atoms with van der Waals surface area (Å²) in [5.41, 5.74) is 3.21. The molecule has 1 heterocycles. The summed E-state index contributed by atoms with van der Waals surface area (Å²) < 4.78 is 12.1. The Morgan fingerprint density at radius 2 is 1.68 bits per heavy atom. The van der Waals surface area contributed by atoms with Gasteiger partial charge in [0.15, 0.2) is 0 Å². The van der Waals surface area contributed by atoms with Gasteiger partial charge in [0.25, 0.3) is 5.24 Å². The van der Waals surface area contributed by atoms with Crippen LogP contribution in [0.15, 0.2) is 72.8 Å². The van der Waals surface area contributed by atoms with Crippen molar-refractivity contribution in [1.82, 2.24) is 5.32 Å². The molecule has 0 aliphatic carbocycles. The number of hydrogen-bond donors (Lipinski definition) is 1. The number of rotatable bonds is 11.